The third-order valence-corrected chi connectivity index (χ3v) is 1.36. The second-order valence-electron chi connectivity index (χ2n) is 2.21. The van der Waals surface area contributed by atoms with E-state index in [4.69, 9.17) is 15.6 Å². The molecule has 0 heterocycles. The van der Waals surface area contributed by atoms with Crippen LogP contribution in [0.5, 0.6) is 0 Å². The molecule has 0 aromatic carbocycles. The number of aliphatic hydroxyl groups excluding tert-OH is 1. The van der Waals surface area contributed by atoms with E-state index in [1.807, 2.05) is 0 Å². The Balaban J connectivity index is 3.71. The molecule has 0 saturated carbocycles. The topological polar surface area (TPSA) is 72.5 Å². The lowest BCUT2D eigenvalue weighted by atomic mass is 10.1. The molecule has 0 aliphatic carbocycles. The molecule has 1 atom stereocenters. The molecule has 0 aliphatic rings. The molecule has 4 heteroatoms. The van der Waals surface area contributed by atoms with Crippen molar-refractivity contribution in [3.8, 4) is 0 Å². The molecular weight excluding hydrogens is 146 g/mol. The fourth-order valence-electron chi connectivity index (χ4n) is 0.745. The van der Waals surface area contributed by atoms with E-state index < -0.39 is 5.92 Å². The lowest BCUT2D eigenvalue weighted by Gasteiger charge is -2.10. The van der Waals surface area contributed by atoms with Crippen molar-refractivity contribution in [3.63, 3.8) is 0 Å². The first kappa shape index (κ1) is 10.4. The van der Waals surface area contributed by atoms with Crippen LogP contribution in [0.25, 0.3) is 0 Å². The fourth-order valence-corrected chi connectivity index (χ4v) is 0.745. The third kappa shape index (κ3) is 3.95. The number of nitrogens with two attached hydrogens (primary N) is 1. The Morgan fingerprint density at radius 2 is 2.36 bits per heavy atom. The van der Waals surface area contributed by atoms with E-state index in [-0.39, 0.29) is 12.6 Å². The minimum atomic E-state index is -0.444. The van der Waals surface area contributed by atoms with E-state index in [9.17, 15) is 4.79 Å². The van der Waals surface area contributed by atoms with Gasteiger partial charge in [0.1, 0.15) is 0 Å². The molecule has 4 nitrogen and oxygen atoms in total. The van der Waals surface area contributed by atoms with Crippen molar-refractivity contribution in [1.82, 2.24) is 0 Å². The van der Waals surface area contributed by atoms with Crippen LogP contribution in [-0.2, 0) is 9.53 Å². The summed E-state index contributed by atoms with van der Waals surface area (Å²) in [6.07, 6.45) is 0.481. The number of ether oxygens (including phenoxy) is 1. The molecule has 3 N–H and O–H groups in total. The van der Waals surface area contributed by atoms with E-state index in [0.717, 1.165) is 0 Å². The number of hydrogen-bond donors (Lipinski definition) is 2. The maximum atomic E-state index is 10.9. The first-order valence-corrected chi connectivity index (χ1v) is 3.73. The van der Waals surface area contributed by atoms with Gasteiger partial charge in [0, 0.05) is 0 Å². The minimum absolute atomic E-state index is 0.184. The van der Waals surface area contributed by atoms with Crippen LogP contribution in [0.4, 0.5) is 0 Å². The van der Waals surface area contributed by atoms with Gasteiger partial charge >= 0.3 is 5.97 Å². The van der Waals surface area contributed by atoms with Gasteiger partial charge in [0.15, 0.2) is 0 Å². The van der Waals surface area contributed by atoms with E-state index in [1.54, 1.807) is 6.92 Å². The normalized spacial score (nSPS) is 12.6. The summed E-state index contributed by atoms with van der Waals surface area (Å²) < 4.78 is 4.69. The van der Waals surface area contributed by atoms with E-state index >= 15 is 0 Å². The SMILES string of the molecule is CCOC(=O)C(CO)CCN. The van der Waals surface area contributed by atoms with Crippen molar-refractivity contribution in [2.75, 3.05) is 19.8 Å². The maximum absolute atomic E-state index is 10.9. The van der Waals surface area contributed by atoms with Gasteiger partial charge in [-0.1, -0.05) is 0 Å². The highest BCUT2D eigenvalue weighted by atomic mass is 16.5. The zero-order chi connectivity index (χ0) is 8.69. The highest BCUT2D eigenvalue weighted by Gasteiger charge is 2.16. The van der Waals surface area contributed by atoms with Crippen molar-refractivity contribution in [1.29, 1.82) is 0 Å². The predicted octanol–water partition coefficient (Wildman–Crippen LogP) is -0.493. The second-order valence-corrected chi connectivity index (χ2v) is 2.21. The molecule has 0 bridgehead atoms. The van der Waals surface area contributed by atoms with Gasteiger partial charge in [-0.2, -0.15) is 0 Å². The highest BCUT2D eigenvalue weighted by Crippen LogP contribution is 2.02. The molecular formula is C7H15NO3. The van der Waals surface area contributed by atoms with Gasteiger partial charge in [-0.05, 0) is 19.9 Å². The molecule has 0 amide bonds. The molecule has 0 saturated heterocycles. The van der Waals surface area contributed by atoms with Gasteiger partial charge in [0.05, 0.1) is 19.1 Å². The summed E-state index contributed by atoms with van der Waals surface area (Å²) in [6.45, 7) is 2.29. The molecule has 1 unspecified atom stereocenters. The van der Waals surface area contributed by atoms with Gasteiger partial charge in [0.25, 0.3) is 0 Å². The number of carbonyl (C=O) groups excluding carboxylic acids is 1. The zero-order valence-corrected chi connectivity index (χ0v) is 6.75. The number of rotatable bonds is 5. The Labute approximate surface area is 66.3 Å². The summed E-state index contributed by atoms with van der Waals surface area (Å²) in [5.74, 6) is -0.805. The Bertz CT molecular complexity index is 116. The highest BCUT2D eigenvalue weighted by molar-refractivity contribution is 5.72. The summed E-state index contributed by atoms with van der Waals surface area (Å²) >= 11 is 0. The number of esters is 1. The Morgan fingerprint density at radius 1 is 1.73 bits per heavy atom. The van der Waals surface area contributed by atoms with Crippen molar-refractivity contribution in [2.24, 2.45) is 11.7 Å². The molecule has 0 aromatic rings. The predicted molar refractivity (Wildman–Crippen MR) is 40.9 cm³/mol. The lowest BCUT2D eigenvalue weighted by molar-refractivity contribution is -0.149. The molecule has 0 aliphatic heterocycles. The Kier molecular flexibility index (Phi) is 5.78. The average Bonchev–Trinajstić information content (AvgIpc) is 2.00. The number of carbonyl (C=O) groups is 1. The van der Waals surface area contributed by atoms with E-state index in [1.165, 1.54) is 0 Å². The van der Waals surface area contributed by atoms with Crippen LogP contribution in [0.1, 0.15) is 13.3 Å². The quantitative estimate of drug-likeness (QED) is 0.533. The van der Waals surface area contributed by atoms with Crippen LogP contribution in [0.3, 0.4) is 0 Å². The van der Waals surface area contributed by atoms with Crippen molar-refractivity contribution in [2.45, 2.75) is 13.3 Å². The monoisotopic (exact) mass is 161 g/mol. The van der Waals surface area contributed by atoms with Gasteiger partial charge in [0.2, 0.25) is 0 Å². The minimum Gasteiger partial charge on any atom is -0.466 e. The Hall–Kier alpha value is -0.610. The smallest absolute Gasteiger partial charge is 0.311 e. The number of aliphatic hydroxyl groups is 1. The average molecular weight is 161 g/mol. The van der Waals surface area contributed by atoms with Crippen LogP contribution in [0, 0.1) is 5.92 Å². The van der Waals surface area contributed by atoms with Crippen molar-refractivity contribution in [3.05, 3.63) is 0 Å². The van der Waals surface area contributed by atoms with E-state index in [2.05, 4.69) is 0 Å². The van der Waals surface area contributed by atoms with Crippen LogP contribution in [0.2, 0.25) is 0 Å². The summed E-state index contributed by atoms with van der Waals surface area (Å²) in [7, 11) is 0. The van der Waals surface area contributed by atoms with Crippen molar-refractivity contribution >= 4 is 5.97 Å². The Morgan fingerprint density at radius 3 is 2.73 bits per heavy atom. The standard InChI is InChI=1S/C7H15NO3/c1-2-11-7(10)6(5-9)3-4-8/h6,9H,2-5,8H2,1H3. The number of hydrogen-bond acceptors (Lipinski definition) is 4. The largest absolute Gasteiger partial charge is 0.466 e. The first-order chi connectivity index (χ1) is 5.26. The molecule has 11 heavy (non-hydrogen) atoms. The van der Waals surface area contributed by atoms with Gasteiger partial charge < -0.3 is 15.6 Å². The van der Waals surface area contributed by atoms with Crippen LogP contribution >= 0.6 is 0 Å². The molecule has 0 spiro atoms. The fraction of sp³-hybridized carbons (Fsp3) is 0.857. The molecule has 0 rings (SSSR count). The summed E-state index contributed by atoms with van der Waals surface area (Å²) in [5.41, 5.74) is 5.22. The van der Waals surface area contributed by atoms with E-state index in [0.29, 0.717) is 19.6 Å². The van der Waals surface area contributed by atoms with Gasteiger partial charge in [-0.3, -0.25) is 4.79 Å². The molecule has 0 fully saturated rings. The van der Waals surface area contributed by atoms with Gasteiger partial charge in [-0.15, -0.1) is 0 Å². The van der Waals surface area contributed by atoms with Gasteiger partial charge in [-0.25, -0.2) is 0 Å². The first-order valence-electron chi connectivity index (χ1n) is 3.73. The maximum Gasteiger partial charge on any atom is 0.311 e. The molecule has 0 radical (unpaired) electrons. The third-order valence-electron chi connectivity index (χ3n) is 1.36. The van der Waals surface area contributed by atoms with Crippen molar-refractivity contribution < 1.29 is 14.6 Å². The molecule has 66 valence electrons. The van der Waals surface area contributed by atoms with Crippen LogP contribution in [-0.4, -0.2) is 30.8 Å². The summed E-state index contributed by atoms with van der Waals surface area (Å²) in [5, 5.41) is 8.70. The summed E-state index contributed by atoms with van der Waals surface area (Å²) in [4.78, 5) is 10.9. The molecule has 0 aromatic heterocycles. The zero-order valence-electron chi connectivity index (χ0n) is 6.75. The van der Waals surface area contributed by atoms with Crippen LogP contribution < -0.4 is 5.73 Å². The van der Waals surface area contributed by atoms with Crippen LogP contribution in [0.15, 0.2) is 0 Å². The lowest BCUT2D eigenvalue weighted by Crippen LogP contribution is -2.23. The second kappa shape index (κ2) is 6.12. The summed E-state index contributed by atoms with van der Waals surface area (Å²) in [6, 6.07) is 0.